The van der Waals surface area contributed by atoms with Gasteiger partial charge in [0.1, 0.15) is 16.2 Å². The lowest BCUT2D eigenvalue weighted by atomic mass is 10.2. The Kier molecular flexibility index (Phi) is 7.74. The lowest BCUT2D eigenvalue weighted by molar-refractivity contribution is -0.943. The Morgan fingerprint density at radius 2 is 1.55 bits per heavy atom. The molecule has 0 heterocycles. The first-order valence-electron chi connectivity index (χ1n) is 7.19. The lowest BCUT2D eigenvalue weighted by Gasteiger charge is -2.40. The zero-order valence-corrected chi connectivity index (χ0v) is 15.0. The van der Waals surface area contributed by atoms with E-state index < -0.39 is 10.1 Å². The first-order valence-corrected chi connectivity index (χ1v) is 8.60. The second kappa shape index (κ2) is 8.28. The second-order valence-electron chi connectivity index (χ2n) is 6.12. The molecule has 0 aliphatic carbocycles. The summed E-state index contributed by atoms with van der Waals surface area (Å²) in [6.45, 7) is 11.1. The molecule has 0 unspecified atom stereocenters. The van der Waals surface area contributed by atoms with Crippen LogP contribution in [-0.4, -0.2) is 43.1 Å². The normalized spacial score (nSPS) is 11.8. The molecule has 1 rings (SSSR count). The standard InChI is InChI=1S/C9H19N2.C7H8O3S/c1-8(2)11(5,7-6-10)9(3)4;1-6-2-4-7(5-3-6)11(8,9)10/h8-9H,7H2,1-5H3;2-5H,1H3,(H,8,9,10)/q+1;/p-1. The molecule has 124 valence electrons. The fraction of sp³-hybridized carbons (Fsp3) is 0.562. The minimum Gasteiger partial charge on any atom is -0.744 e. The predicted octanol–water partition coefficient (Wildman–Crippen LogP) is 2.67. The van der Waals surface area contributed by atoms with Crippen molar-refractivity contribution >= 4 is 10.1 Å². The third-order valence-electron chi connectivity index (χ3n) is 4.08. The number of nitrogens with zero attached hydrogens (tertiary/aromatic N) is 2. The molecule has 1 aromatic rings. The number of nitriles is 1. The van der Waals surface area contributed by atoms with Crippen LogP contribution in [0.25, 0.3) is 0 Å². The minimum atomic E-state index is -4.27. The van der Waals surface area contributed by atoms with Crippen molar-refractivity contribution in [1.29, 1.82) is 5.26 Å². The van der Waals surface area contributed by atoms with Gasteiger partial charge in [0.2, 0.25) is 0 Å². The highest BCUT2D eigenvalue weighted by Crippen LogP contribution is 2.14. The second-order valence-corrected chi connectivity index (χ2v) is 7.50. The van der Waals surface area contributed by atoms with E-state index in [0.717, 1.165) is 10.0 Å². The van der Waals surface area contributed by atoms with Crippen molar-refractivity contribution in [3.8, 4) is 6.07 Å². The number of hydrogen-bond acceptors (Lipinski definition) is 4. The third kappa shape index (κ3) is 6.14. The van der Waals surface area contributed by atoms with Crippen LogP contribution in [0.1, 0.15) is 33.3 Å². The van der Waals surface area contributed by atoms with E-state index in [4.69, 9.17) is 5.26 Å². The van der Waals surface area contributed by atoms with Crippen LogP contribution >= 0.6 is 0 Å². The molecule has 0 aliphatic rings. The van der Waals surface area contributed by atoms with Crippen molar-refractivity contribution in [3.63, 3.8) is 0 Å². The Balaban J connectivity index is 0.000000401. The number of aryl methyl sites for hydroxylation is 1. The van der Waals surface area contributed by atoms with Crippen molar-refractivity contribution in [3.05, 3.63) is 29.8 Å². The van der Waals surface area contributed by atoms with Gasteiger partial charge in [-0.25, -0.2) is 8.42 Å². The van der Waals surface area contributed by atoms with Gasteiger partial charge >= 0.3 is 0 Å². The average molecular weight is 326 g/mol. The molecule has 0 aliphatic heterocycles. The van der Waals surface area contributed by atoms with Gasteiger partial charge in [-0.15, -0.1) is 0 Å². The Hall–Kier alpha value is -1.42. The number of rotatable bonds is 4. The predicted molar refractivity (Wildman–Crippen MR) is 86.1 cm³/mol. The summed E-state index contributed by atoms with van der Waals surface area (Å²) in [5, 5.41) is 8.63. The Morgan fingerprint density at radius 3 is 1.77 bits per heavy atom. The zero-order chi connectivity index (χ0) is 17.6. The van der Waals surface area contributed by atoms with Crippen LogP contribution in [0.5, 0.6) is 0 Å². The fourth-order valence-electron chi connectivity index (χ4n) is 1.82. The molecular formula is C16H26N2O3S. The van der Waals surface area contributed by atoms with Crippen molar-refractivity contribution in [2.24, 2.45) is 0 Å². The largest absolute Gasteiger partial charge is 0.744 e. The van der Waals surface area contributed by atoms with Crippen LogP contribution < -0.4 is 0 Å². The summed E-state index contributed by atoms with van der Waals surface area (Å²) in [7, 11) is -2.13. The molecular weight excluding hydrogens is 300 g/mol. The van der Waals surface area contributed by atoms with E-state index in [9.17, 15) is 13.0 Å². The summed E-state index contributed by atoms with van der Waals surface area (Å²) in [5.74, 6) is 0. The third-order valence-corrected chi connectivity index (χ3v) is 4.93. The monoisotopic (exact) mass is 326 g/mol. The SMILES string of the molecule is CC(C)[N+](C)(CC#N)C(C)C.Cc1ccc(S(=O)(=O)[O-])cc1. The van der Waals surface area contributed by atoms with E-state index in [1.165, 1.54) is 12.1 Å². The molecule has 1 aromatic carbocycles. The van der Waals surface area contributed by atoms with Crippen molar-refractivity contribution < 1.29 is 17.5 Å². The van der Waals surface area contributed by atoms with E-state index in [0.29, 0.717) is 18.6 Å². The molecule has 0 bridgehead atoms. The maximum atomic E-state index is 10.4. The van der Waals surface area contributed by atoms with Crippen molar-refractivity contribution in [2.75, 3.05) is 13.6 Å². The number of quaternary nitrogens is 1. The van der Waals surface area contributed by atoms with E-state index in [1.807, 2.05) is 6.92 Å². The minimum absolute atomic E-state index is 0.178. The molecule has 0 amide bonds. The zero-order valence-electron chi connectivity index (χ0n) is 14.2. The smallest absolute Gasteiger partial charge is 0.166 e. The Morgan fingerprint density at radius 1 is 1.14 bits per heavy atom. The van der Waals surface area contributed by atoms with Gasteiger partial charge in [-0.3, -0.25) is 0 Å². The average Bonchev–Trinajstić information content (AvgIpc) is 2.38. The van der Waals surface area contributed by atoms with Gasteiger partial charge in [-0.2, -0.15) is 5.26 Å². The van der Waals surface area contributed by atoms with Crippen LogP contribution in [0.2, 0.25) is 0 Å². The molecule has 0 aromatic heterocycles. The van der Waals surface area contributed by atoms with Gasteiger partial charge in [0.05, 0.1) is 24.0 Å². The van der Waals surface area contributed by atoms with Crippen LogP contribution in [-0.2, 0) is 10.1 Å². The van der Waals surface area contributed by atoms with Crippen LogP contribution in [0, 0.1) is 18.3 Å². The van der Waals surface area contributed by atoms with Gasteiger partial charge < -0.3 is 9.04 Å². The molecule has 0 saturated heterocycles. The van der Waals surface area contributed by atoms with Crippen molar-refractivity contribution in [2.45, 2.75) is 51.6 Å². The highest BCUT2D eigenvalue weighted by molar-refractivity contribution is 7.85. The molecule has 5 nitrogen and oxygen atoms in total. The molecule has 0 atom stereocenters. The molecule has 6 heteroatoms. The number of hydrogen-bond donors (Lipinski definition) is 0. The summed E-state index contributed by atoms with van der Waals surface area (Å²) in [6.07, 6.45) is 0. The quantitative estimate of drug-likeness (QED) is 0.484. The molecule has 0 radical (unpaired) electrons. The van der Waals surface area contributed by atoms with Crippen molar-refractivity contribution in [1.82, 2.24) is 0 Å². The summed E-state index contributed by atoms with van der Waals surface area (Å²) < 4.78 is 32.0. The van der Waals surface area contributed by atoms with E-state index in [-0.39, 0.29) is 4.90 Å². The lowest BCUT2D eigenvalue weighted by Crippen LogP contribution is -2.54. The first kappa shape index (κ1) is 20.6. The van der Waals surface area contributed by atoms with Gasteiger partial charge in [-0.05, 0) is 46.8 Å². The van der Waals surface area contributed by atoms with Gasteiger partial charge in [0, 0.05) is 0 Å². The van der Waals surface area contributed by atoms with Gasteiger partial charge in [-0.1, -0.05) is 17.7 Å². The van der Waals surface area contributed by atoms with Crippen LogP contribution in [0.15, 0.2) is 29.2 Å². The first-order chi connectivity index (χ1) is 9.95. The fourth-order valence-corrected chi connectivity index (χ4v) is 2.29. The summed E-state index contributed by atoms with van der Waals surface area (Å²) in [4.78, 5) is -0.178. The Labute approximate surface area is 134 Å². The summed E-state index contributed by atoms with van der Waals surface area (Å²) in [6, 6.07) is 9.07. The molecule has 0 fully saturated rings. The molecule has 22 heavy (non-hydrogen) atoms. The van der Waals surface area contributed by atoms with Crippen LogP contribution in [0.3, 0.4) is 0 Å². The molecule has 0 N–H and O–H groups in total. The van der Waals surface area contributed by atoms with E-state index in [1.54, 1.807) is 12.1 Å². The van der Waals surface area contributed by atoms with Gasteiger partial charge in [0.25, 0.3) is 0 Å². The maximum absolute atomic E-state index is 10.4. The summed E-state index contributed by atoms with van der Waals surface area (Å²) >= 11 is 0. The van der Waals surface area contributed by atoms with E-state index in [2.05, 4.69) is 40.8 Å². The van der Waals surface area contributed by atoms with E-state index >= 15 is 0 Å². The van der Waals surface area contributed by atoms with Gasteiger partial charge in [0.15, 0.2) is 6.54 Å². The Bertz CT molecular complexity index is 591. The maximum Gasteiger partial charge on any atom is 0.166 e. The molecule has 0 saturated carbocycles. The van der Waals surface area contributed by atoms with Crippen LogP contribution in [0.4, 0.5) is 0 Å². The number of benzene rings is 1. The summed E-state index contributed by atoms with van der Waals surface area (Å²) in [5.41, 5.74) is 0.928. The highest BCUT2D eigenvalue weighted by Gasteiger charge is 2.28. The molecule has 0 spiro atoms. The highest BCUT2D eigenvalue weighted by atomic mass is 32.2. The topological polar surface area (TPSA) is 81.0 Å².